The maximum atomic E-state index is 12.6. The Morgan fingerprint density at radius 1 is 1.41 bits per heavy atom. The molecule has 0 saturated heterocycles. The number of fused-ring (bicyclic) bond motifs is 1. The Morgan fingerprint density at radius 2 is 2.18 bits per heavy atom. The summed E-state index contributed by atoms with van der Waals surface area (Å²) in [7, 11) is -1.85. The number of aryl methyl sites for hydroxylation is 2. The zero-order valence-electron chi connectivity index (χ0n) is 12.5. The highest BCUT2D eigenvalue weighted by Gasteiger charge is 2.23. The molecule has 1 atom stereocenters. The molecule has 0 radical (unpaired) electrons. The van der Waals surface area contributed by atoms with Crippen molar-refractivity contribution in [2.75, 3.05) is 0 Å². The zero-order valence-corrected chi connectivity index (χ0v) is 13.3. The number of H-pyrrole nitrogens is 1. The molecule has 0 bridgehead atoms. The van der Waals surface area contributed by atoms with Gasteiger partial charge in [0.05, 0.1) is 5.69 Å². The van der Waals surface area contributed by atoms with E-state index in [0.29, 0.717) is 11.0 Å². The molecule has 3 rings (SSSR count). The van der Waals surface area contributed by atoms with Gasteiger partial charge in [0.15, 0.2) is 0 Å². The van der Waals surface area contributed by atoms with Crippen LogP contribution in [-0.2, 0) is 17.1 Å². The van der Waals surface area contributed by atoms with Crippen LogP contribution in [-0.4, -0.2) is 28.2 Å². The number of rotatable bonds is 4. The van der Waals surface area contributed by atoms with Gasteiger partial charge in [-0.2, -0.15) is 5.10 Å². The lowest BCUT2D eigenvalue weighted by Crippen LogP contribution is -2.27. The Kier molecular flexibility index (Phi) is 3.50. The molecule has 0 unspecified atom stereocenters. The zero-order chi connectivity index (χ0) is 15.9. The van der Waals surface area contributed by atoms with E-state index in [1.165, 1.54) is 6.20 Å². The van der Waals surface area contributed by atoms with Gasteiger partial charge in [-0.3, -0.25) is 4.68 Å². The monoisotopic (exact) mass is 319 g/mol. The van der Waals surface area contributed by atoms with Gasteiger partial charge in [-0.1, -0.05) is 0 Å². The molecule has 0 aliphatic heterocycles. The minimum atomic E-state index is -3.66. The normalized spacial score (nSPS) is 13.6. The Labute approximate surface area is 128 Å². The summed E-state index contributed by atoms with van der Waals surface area (Å²) in [6.45, 7) is 3.66. The Balaban J connectivity index is 1.95. The second-order valence-corrected chi connectivity index (χ2v) is 6.92. The van der Waals surface area contributed by atoms with Gasteiger partial charge in [-0.05, 0) is 26.0 Å². The second-order valence-electron chi connectivity index (χ2n) is 5.24. The van der Waals surface area contributed by atoms with Crippen LogP contribution in [0, 0.1) is 6.92 Å². The topological polar surface area (TPSA) is 92.7 Å². The van der Waals surface area contributed by atoms with Crippen LogP contribution < -0.4 is 4.72 Å². The first-order valence-corrected chi connectivity index (χ1v) is 8.31. The van der Waals surface area contributed by atoms with E-state index in [1.807, 2.05) is 20.2 Å². The van der Waals surface area contributed by atoms with Gasteiger partial charge in [0, 0.05) is 42.6 Å². The molecule has 2 N–H and O–H groups in total. The molecule has 3 aromatic heterocycles. The van der Waals surface area contributed by atoms with Crippen LogP contribution in [0.4, 0.5) is 0 Å². The van der Waals surface area contributed by atoms with Gasteiger partial charge in [0.2, 0.25) is 10.0 Å². The van der Waals surface area contributed by atoms with E-state index in [4.69, 9.17) is 0 Å². The molecule has 8 heteroatoms. The van der Waals surface area contributed by atoms with Gasteiger partial charge < -0.3 is 4.98 Å². The fourth-order valence-corrected chi connectivity index (χ4v) is 3.94. The van der Waals surface area contributed by atoms with E-state index in [1.54, 1.807) is 29.9 Å². The lowest BCUT2D eigenvalue weighted by Gasteiger charge is -2.13. The average Bonchev–Trinajstić information content (AvgIpc) is 3.01. The molecule has 0 amide bonds. The van der Waals surface area contributed by atoms with Crippen molar-refractivity contribution < 1.29 is 8.42 Å². The number of aromatic amines is 1. The highest BCUT2D eigenvalue weighted by molar-refractivity contribution is 7.89. The SMILES string of the molecule is Cc1nn(C)cc1[C@H](C)NS(=O)(=O)c1c[nH]c2ncccc12. The van der Waals surface area contributed by atoms with Crippen LogP contribution in [0.3, 0.4) is 0 Å². The summed E-state index contributed by atoms with van der Waals surface area (Å²) in [6, 6.07) is 3.07. The number of pyridine rings is 1. The minimum Gasteiger partial charge on any atom is -0.345 e. The molecule has 0 aromatic carbocycles. The van der Waals surface area contributed by atoms with Gasteiger partial charge in [-0.25, -0.2) is 18.1 Å². The third-order valence-corrected chi connectivity index (χ3v) is 5.13. The number of hydrogen-bond acceptors (Lipinski definition) is 4. The molecular weight excluding hydrogens is 302 g/mol. The van der Waals surface area contributed by atoms with Crippen molar-refractivity contribution in [2.45, 2.75) is 24.8 Å². The minimum absolute atomic E-state index is 0.198. The van der Waals surface area contributed by atoms with Gasteiger partial charge in [0.25, 0.3) is 0 Å². The molecule has 22 heavy (non-hydrogen) atoms. The quantitative estimate of drug-likeness (QED) is 0.764. The lowest BCUT2D eigenvalue weighted by atomic mass is 10.1. The molecular formula is C14H17N5O2S. The lowest BCUT2D eigenvalue weighted by molar-refractivity contribution is 0.567. The maximum Gasteiger partial charge on any atom is 0.243 e. The van der Waals surface area contributed by atoms with E-state index in [9.17, 15) is 8.42 Å². The van der Waals surface area contributed by atoms with Crippen LogP contribution >= 0.6 is 0 Å². The first-order valence-electron chi connectivity index (χ1n) is 6.83. The third-order valence-electron chi connectivity index (χ3n) is 3.55. The average molecular weight is 319 g/mol. The molecule has 0 aliphatic carbocycles. The van der Waals surface area contributed by atoms with Crippen LogP contribution in [0.1, 0.15) is 24.2 Å². The Bertz CT molecular complexity index is 926. The molecule has 0 saturated carbocycles. The number of sulfonamides is 1. The third kappa shape index (κ3) is 2.51. The first kappa shape index (κ1) is 14.7. The highest BCUT2D eigenvalue weighted by Crippen LogP contribution is 2.23. The van der Waals surface area contributed by atoms with Crippen LogP contribution in [0.25, 0.3) is 11.0 Å². The molecule has 3 aromatic rings. The highest BCUT2D eigenvalue weighted by atomic mass is 32.2. The Hall–Kier alpha value is -2.19. The number of hydrogen-bond donors (Lipinski definition) is 2. The summed E-state index contributed by atoms with van der Waals surface area (Å²) in [5.41, 5.74) is 2.20. The van der Waals surface area contributed by atoms with Gasteiger partial charge in [0.1, 0.15) is 10.5 Å². The van der Waals surface area contributed by atoms with E-state index in [-0.39, 0.29) is 10.9 Å². The Morgan fingerprint density at radius 3 is 2.86 bits per heavy atom. The van der Waals surface area contributed by atoms with Crippen molar-refractivity contribution in [1.82, 2.24) is 24.5 Å². The maximum absolute atomic E-state index is 12.6. The molecule has 0 aliphatic rings. The van der Waals surface area contributed by atoms with Crippen molar-refractivity contribution >= 4 is 21.1 Å². The molecule has 116 valence electrons. The molecule has 0 fully saturated rings. The molecule has 3 heterocycles. The summed E-state index contributed by atoms with van der Waals surface area (Å²) in [5.74, 6) is 0. The van der Waals surface area contributed by atoms with Crippen molar-refractivity contribution in [3.8, 4) is 0 Å². The predicted molar refractivity (Wildman–Crippen MR) is 82.8 cm³/mol. The fraction of sp³-hybridized carbons (Fsp3) is 0.286. The van der Waals surface area contributed by atoms with Crippen molar-refractivity contribution in [3.05, 3.63) is 42.0 Å². The van der Waals surface area contributed by atoms with Crippen LogP contribution in [0.5, 0.6) is 0 Å². The summed E-state index contributed by atoms with van der Waals surface area (Å²) in [4.78, 5) is 7.18. The summed E-state index contributed by atoms with van der Waals surface area (Å²) in [5, 5.41) is 4.81. The number of nitrogens with one attached hydrogen (secondary N) is 2. The first-order chi connectivity index (χ1) is 10.4. The predicted octanol–water partition coefficient (Wildman–Crippen LogP) is 1.64. The standard InChI is InChI=1S/C14H17N5O2S/c1-9-12(8-19(3)17-9)10(2)18-22(20,21)13-7-16-14-11(13)5-4-6-15-14/h4-8,10,18H,1-3H3,(H,15,16)/t10-/m0/s1. The van der Waals surface area contributed by atoms with E-state index in [2.05, 4.69) is 19.8 Å². The molecule has 0 spiro atoms. The van der Waals surface area contributed by atoms with Crippen molar-refractivity contribution in [3.63, 3.8) is 0 Å². The number of aromatic nitrogens is 4. The van der Waals surface area contributed by atoms with Gasteiger partial charge in [-0.15, -0.1) is 0 Å². The second kappa shape index (κ2) is 5.22. The fourth-order valence-electron chi connectivity index (χ4n) is 2.56. The largest absolute Gasteiger partial charge is 0.345 e. The van der Waals surface area contributed by atoms with E-state index >= 15 is 0 Å². The van der Waals surface area contributed by atoms with E-state index < -0.39 is 10.0 Å². The molecule has 7 nitrogen and oxygen atoms in total. The summed E-state index contributed by atoms with van der Waals surface area (Å²) < 4.78 is 29.6. The summed E-state index contributed by atoms with van der Waals surface area (Å²) in [6.07, 6.45) is 4.90. The summed E-state index contributed by atoms with van der Waals surface area (Å²) >= 11 is 0. The van der Waals surface area contributed by atoms with Crippen LogP contribution in [0.2, 0.25) is 0 Å². The smallest absolute Gasteiger partial charge is 0.243 e. The van der Waals surface area contributed by atoms with Gasteiger partial charge >= 0.3 is 0 Å². The number of nitrogens with zero attached hydrogens (tertiary/aromatic N) is 3. The van der Waals surface area contributed by atoms with Crippen molar-refractivity contribution in [2.24, 2.45) is 7.05 Å². The van der Waals surface area contributed by atoms with Crippen LogP contribution in [0.15, 0.2) is 35.6 Å². The van der Waals surface area contributed by atoms with E-state index in [0.717, 1.165) is 11.3 Å². The van der Waals surface area contributed by atoms with Crippen molar-refractivity contribution in [1.29, 1.82) is 0 Å².